The molecule has 0 aromatic rings. The number of allylic oxidation sites excluding steroid dienone is 4. The van der Waals surface area contributed by atoms with Crippen LogP contribution in [0.4, 0.5) is 0 Å². The van der Waals surface area contributed by atoms with Gasteiger partial charge in [-0.2, -0.15) is 0 Å². The summed E-state index contributed by atoms with van der Waals surface area (Å²) in [4.78, 5) is 8.74. The minimum atomic E-state index is -0.367. The van der Waals surface area contributed by atoms with E-state index in [0.29, 0.717) is 13.1 Å². The minimum absolute atomic E-state index is 0.0860. The van der Waals surface area contributed by atoms with E-state index in [-0.39, 0.29) is 22.3 Å². The molecule has 0 spiro atoms. The van der Waals surface area contributed by atoms with Crippen LogP contribution in [0, 0.1) is 10.8 Å². The lowest BCUT2D eigenvalue weighted by molar-refractivity contribution is -0.322. The highest BCUT2D eigenvalue weighted by molar-refractivity contribution is 5.93. The number of aliphatic imine (C=N–C) groups is 2. The first-order valence-electron chi connectivity index (χ1n) is 8.14. The lowest BCUT2D eigenvalue weighted by Gasteiger charge is -2.28. The Labute approximate surface area is 141 Å². The van der Waals surface area contributed by atoms with Crippen LogP contribution in [0.15, 0.2) is 33.7 Å². The highest BCUT2D eigenvalue weighted by Gasteiger charge is 2.08. The van der Waals surface area contributed by atoms with E-state index in [2.05, 4.69) is 9.98 Å². The molecule has 4 nitrogen and oxygen atoms in total. The molecule has 0 aromatic carbocycles. The van der Waals surface area contributed by atoms with Crippen molar-refractivity contribution < 1.29 is 10.2 Å². The average Bonchev–Trinajstić information content (AvgIpc) is 2.35. The molecule has 0 N–H and O–H groups in total. The molecule has 0 saturated heterocycles. The Kier molecular flexibility index (Phi) is 8.29. The van der Waals surface area contributed by atoms with Crippen LogP contribution in [0.1, 0.15) is 61.8 Å². The molecule has 0 radical (unpaired) electrons. The highest BCUT2D eigenvalue weighted by atomic mass is 16.3. The van der Waals surface area contributed by atoms with Gasteiger partial charge in [-0.15, -0.1) is 11.5 Å². The van der Waals surface area contributed by atoms with E-state index in [0.717, 1.165) is 17.8 Å². The molecule has 4 heteroatoms. The van der Waals surface area contributed by atoms with Crippen LogP contribution in [-0.2, 0) is 0 Å². The van der Waals surface area contributed by atoms with Crippen molar-refractivity contribution in [2.45, 2.75) is 61.8 Å². The second-order valence-corrected chi connectivity index (χ2v) is 7.92. The first kappa shape index (κ1) is 21.4. The van der Waals surface area contributed by atoms with Crippen molar-refractivity contribution >= 4 is 11.4 Å². The maximum Gasteiger partial charge on any atom is 0.0410 e. The Hall–Kier alpha value is -1.58. The van der Waals surface area contributed by atoms with Gasteiger partial charge < -0.3 is 10.2 Å². The van der Waals surface area contributed by atoms with Gasteiger partial charge in [0, 0.05) is 24.5 Å². The van der Waals surface area contributed by atoms with Crippen LogP contribution in [0.2, 0.25) is 0 Å². The lowest BCUT2D eigenvalue weighted by atomic mass is 9.93. The second-order valence-electron chi connectivity index (χ2n) is 7.92. The normalized spacial score (nSPS) is 16.0. The molecule has 0 aliphatic heterocycles. The van der Waals surface area contributed by atoms with E-state index in [1.165, 1.54) is 0 Å². The summed E-state index contributed by atoms with van der Waals surface area (Å²) >= 11 is 0. The fraction of sp³-hybridized carbons (Fsp3) is 0.684. The predicted molar refractivity (Wildman–Crippen MR) is 95.6 cm³/mol. The Bertz CT molecular complexity index is 452. The molecular formula is C19H32N2O2-2. The van der Waals surface area contributed by atoms with Gasteiger partial charge in [0.15, 0.2) is 0 Å². The van der Waals surface area contributed by atoms with Crippen molar-refractivity contribution in [3.63, 3.8) is 0 Å². The molecule has 132 valence electrons. The van der Waals surface area contributed by atoms with Crippen LogP contribution in [-0.4, -0.2) is 24.5 Å². The molecule has 0 amide bonds. The van der Waals surface area contributed by atoms with Gasteiger partial charge in [0.1, 0.15) is 0 Å². The summed E-state index contributed by atoms with van der Waals surface area (Å²) in [6, 6.07) is 0. The Morgan fingerprint density at radius 2 is 1.04 bits per heavy atom. The van der Waals surface area contributed by atoms with Gasteiger partial charge in [0.05, 0.1) is 0 Å². The smallest absolute Gasteiger partial charge is 0.0410 e. The van der Waals surface area contributed by atoms with Gasteiger partial charge in [-0.25, -0.2) is 0 Å². The van der Waals surface area contributed by atoms with Gasteiger partial charge in [0.25, 0.3) is 0 Å². The largest absolute Gasteiger partial charge is 0.875 e. The van der Waals surface area contributed by atoms with Crippen molar-refractivity contribution in [1.29, 1.82) is 0 Å². The molecule has 0 fully saturated rings. The van der Waals surface area contributed by atoms with E-state index in [9.17, 15) is 10.2 Å². The van der Waals surface area contributed by atoms with E-state index in [1.807, 2.05) is 55.4 Å². The third kappa shape index (κ3) is 9.93. The molecule has 0 bridgehead atoms. The van der Waals surface area contributed by atoms with Crippen LogP contribution in [0.3, 0.4) is 0 Å². The zero-order valence-electron chi connectivity index (χ0n) is 16.0. The molecule has 23 heavy (non-hydrogen) atoms. The zero-order valence-corrected chi connectivity index (χ0v) is 16.0. The zero-order chi connectivity index (χ0) is 18.3. The summed E-state index contributed by atoms with van der Waals surface area (Å²) in [7, 11) is 0. The van der Waals surface area contributed by atoms with Crippen molar-refractivity contribution in [1.82, 2.24) is 0 Å². The molecular weight excluding hydrogens is 288 g/mol. The second kappa shape index (κ2) is 8.90. The Morgan fingerprint density at radius 1 is 0.739 bits per heavy atom. The van der Waals surface area contributed by atoms with Crippen molar-refractivity contribution in [2.75, 3.05) is 13.1 Å². The van der Waals surface area contributed by atoms with Crippen molar-refractivity contribution in [3.8, 4) is 0 Å². The first-order chi connectivity index (χ1) is 10.3. The van der Waals surface area contributed by atoms with Crippen molar-refractivity contribution in [2.24, 2.45) is 20.8 Å². The third-order valence-corrected chi connectivity index (χ3v) is 3.20. The van der Waals surface area contributed by atoms with Gasteiger partial charge in [-0.3, -0.25) is 9.98 Å². The van der Waals surface area contributed by atoms with E-state index >= 15 is 0 Å². The Balaban J connectivity index is 4.43. The average molecular weight is 320 g/mol. The maximum absolute atomic E-state index is 11.8. The highest BCUT2D eigenvalue weighted by Crippen LogP contribution is 2.20. The molecule has 0 aliphatic rings. The van der Waals surface area contributed by atoms with Crippen LogP contribution >= 0.6 is 0 Å². The SMILES string of the molecule is CC(/C=C(\[O-])C(C)(C)C)=NCCCN=C(C)/C=C(\[O-])C(C)(C)C. The molecule has 0 saturated carbocycles. The molecule has 0 heterocycles. The summed E-state index contributed by atoms with van der Waals surface area (Å²) in [6.45, 7) is 16.3. The number of hydrogen-bond donors (Lipinski definition) is 0. The number of hydrogen-bond acceptors (Lipinski definition) is 4. The number of rotatable bonds is 6. The number of nitrogens with zero attached hydrogens (tertiary/aromatic N) is 2. The summed E-state index contributed by atoms with van der Waals surface area (Å²) in [5.74, 6) is 0.172. The molecule has 0 atom stereocenters. The fourth-order valence-corrected chi connectivity index (χ4v) is 1.49. The maximum atomic E-state index is 11.8. The lowest BCUT2D eigenvalue weighted by Crippen LogP contribution is -2.21. The monoisotopic (exact) mass is 320 g/mol. The standard InChI is InChI=1S/C19H34N2O2/c1-14(12-16(22)18(3,4)5)20-10-9-11-21-15(2)13-17(23)19(6,7)8/h12-13,22-23H,9-11H2,1-8H3/p-2/b16-12-,17-13-,20-14?,21-15?. The van der Waals surface area contributed by atoms with E-state index in [4.69, 9.17) is 0 Å². The summed E-state index contributed by atoms with van der Waals surface area (Å²) in [6.07, 6.45) is 4.00. The quantitative estimate of drug-likeness (QED) is 0.429. The Morgan fingerprint density at radius 3 is 1.30 bits per heavy atom. The summed E-state index contributed by atoms with van der Waals surface area (Å²) in [5.41, 5.74) is 0.765. The summed E-state index contributed by atoms with van der Waals surface area (Å²) < 4.78 is 0. The summed E-state index contributed by atoms with van der Waals surface area (Å²) in [5, 5.41) is 23.7. The molecule has 0 aromatic heterocycles. The van der Waals surface area contributed by atoms with Crippen LogP contribution in [0.5, 0.6) is 0 Å². The van der Waals surface area contributed by atoms with Gasteiger partial charge in [-0.1, -0.05) is 53.7 Å². The van der Waals surface area contributed by atoms with Gasteiger partial charge in [0.2, 0.25) is 0 Å². The van der Waals surface area contributed by atoms with Gasteiger partial charge in [-0.05, 0) is 31.1 Å². The van der Waals surface area contributed by atoms with Crippen LogP contribution < -0.4 is 10.2 Å². The van der Waals surface area contributed by atoms with E-state index in [1.54, 1.807) is 12.2 Å². The molecule has 0 unspecified atom stereocenters. The topological polar surface area (TPSA) is 70.8 Å². The minimum Gasteiger partial charge on any atom is -0.875 e. The third-order valence-electron chi connectivity index (χ3n) is 3.20. The van der Waals surface area contributed by atoms with Gasteiger partial charge >= 0.3 is 0 Å². The van der Waals surface area contributed by atoms with Crippen LogP contribution in [0.25, 0.3) is 0 Å². The van der Waals surface area contributed by atoms with E-state index < -0.39 is 0 Å². The molecule has 0 aliphatic carbocycles. The first-order valence-corrected chi connectivity index (χ1v) is 8.14. The fourth-order valence-electron chi connectivity index (χ4n) is 1.49. The molecule has 0 rings (SSSR count). The van der Waals surface area contributed by atoms with Crippen molar-refractivity contribution in [3.05, 3.63) is 23.7 Å². The predicted octanol–water partition coefficient (Wildman–Crippen LogP) is 2.88.